The van der Waals surface area contributed by atoms with Gasteiger partial charge in [0.15, 0.2) is 11.6 Å². The second-order valence-corrected chi connectivity index (χ2v) is 4.01. The molecule has 1 heterocycles. The first-order chi connectivity index (χ1) is 9.60. The van der Waals surface area contributed by atoms with Crippen LogP contribution in [0.1, 0.15) is 12.5 Å². The number of benzene rings is 1. The van der Waals surface area contributed by atoms with Gasteiger partial charge in [-0.2, -0.15) is 4.98 Å². The molecule has 4 nitrogen and oxygen atoms in total. The summed E-state index contributed by atoms with van der Waals surface area (Å²) in [7, 11) is 0. The summed E-state index contributed by atoms with van der Waals surface area (Å²) in [6.07, 6.45) is 1.01. The number of nitrogens with zero attached hydrogens (tertiary/aromatic N) is 2. The average Bonchev–Trinajstić information content (AvgIpc) is 2.43. The van der Waals surface area contributed by atoms with E-state index in [2.05, 4.69) is 20.6 Å². The van der Waals surface area contributed by atoms with E-state index >= 15 is 0 Å². The van der Waals surface area contributed by atoms with Crippen LogP contribution >= 0.6 is 0 Å². The number of halogens is 3. The van der Waals surface area contributed by atoms with Gasteiger partial charge >= 0.3 is 0 Å². The Balaban J connectivity index is 2.13. The third-order valence-electron chi connectivity index (χ3n) is 2.53. The molecule has 106 valence electrons. The summed E-state index contributed by atoms with van der Waals surface area (Å²) >= 11 is 0. The third-order valence-corrected chi connectivity index (χ3v) is 2.53. The lowest BCUT2D eigenvalue weighted by molar-refractivity contribution is 0.586. The molecule has 1 aromatic carbocycles. The Morgan fingerprint density at radius 2 is 1.90 bits per heavy atom. The van der Waals surface area contributed by atoms with E-state index in [0.717, 1.165) is 24.4 Å². The maximum absolute atomic E-state index is 13.5. The Hall–Kier alpha value is -2.31. The molecule has 0 amide bonds. The Labute approximate surface area is 114 Å². The molecule has 7 heteroatoms. The molecule has 0 unspecified atom stereocenters. The molecule has 0 saturated carbocycles. The van der Waals surface area contributed by atoms with Crippen molar-refractivity contribution in [1.29, 1.82) is 0 Å². The van der Waals surface area contributed by atoms with Crippen molar-refractivity contribution in [1.82, 2.24) is 9.97 Å². The molecule has 0 spiro atoms. The first kappa shape index (κ1) is 14.1. The zero-order valence-electron chi connectivity index (χ0n) is 10.8. The van der Waals surface area contributed by atoms with Crippen LogP contribution in [0.25, 0.3) is 0 Å². The number of rotatable bonds is 5. The average molecular weight is 282 g/mol. The summed E-state index contributed by atoms with van der Waals surface area (Å²) in [6.45, 7) is 2.36. The highest BCUT2D eigenvalue weighted by Gasteiger charge is 2.08. The van der Waals surface area contributed by atoms with Crippen molar-refractivity contribution in [3.8, 4) is 0 Å². The van der Waals surface area contributed by atoms with Crippen molar-refractivity contribution < 1.29 is 13.2 Å². The summed E-state index contributed by atoms with van der Waals surface area (Å²) in [5.74, 6) is -1.60. The van der Waals surface area contributed by atoms with Gasteiger partial charge in [-0.1, -0.05) is 0 Å². The van der Waals surface area contributed by atoms with Gasteiger partial charge in [-0.05, 0) is 25.1 Å². The minimum absolute atomic E-state index is 0.0698. The van der Waals surface area contributed by atoms with Gasteiger partial charge in [-0.3, -0.25) is 0 Å². The predicted molar refractivity (Wildman–Crippen MR) is 69.8 cm³/mol. The van der Waals surface area contributed by atoms with Crippen molar-refractivity contribution in [2.24, 2.45) is 0 Å². The van der Waals surface area contributed by atoms with E-state index in [1.807, 2.05) is 6.92 Å². The van der Waals surface area contributed by atoms with E-state index in [9.17, 15) is 13.2 Å². The fraction of sp³-hybridized carbons (Fsp3) is 0.231. The molecule has 1 aromatic heterocycles. The van der Waals surface area contributed by atoms with Crippen LogP contribution in [-0.2, 0) is 6.54 Å². The van der Waals surface area contributed by atoms with Crippen LogP contribution in [0.4, 0.5) is 24.9 Å². The molecule has 0 saturated heterocycles. The normalized spacial score (nSPS) is 10.4. The maximum Gasteiger partial charge on any atom is 0.224 e. The lowest BCUT2D eigenvalue weighted by Crippen LogP contribution is -2.09. The number of hydrogen-bond acceptors (Lipinski definition) is 4. The summed E-state index contributed by atoms with van der Waals surface area (Å²) < 4.78 is 39.9. The maximum atomic E-state index is 13.5. The van der Waals surface area contributed by atoms with Crippen molar-refractivity contribution in [2.45, 2.75) is 13.5 Å². The molecule has 0 fully saturated rings. The Morgan fingerprint density at radius 1 is 1.10 bits per heavy atom. The van der Waals surface area contributed by atoms with Crippen LogP contribution in [0.2, 0.25) is 0 Å². The molecule has 2 aromatic rings. The summed E-state index contributed by atoms with van der Waals surface area (Å²) in [5.41, 5.74) is 0.0908. The molecule has 0 bridgehead atoms. The standard InChI is InChI=1S/C13H13F3N4/c1-2-17-13-19-7-11(16)12(20-13)18-6-8-5-9(14)3-4-10(8)15/h3-5,7H,2,6H2,1H3,(H2,17,18,19,20). The van der Waals surface area contributed by atoms with Gasteiger partial charge in [0, 0.05) is 18.7 Å². The molecule has 0 aliphatic carbocycles. The van der Waals surface area contributed by atoms with Gasteiger partial charge in [0.1, 0.15) is 11.6 Å². The van der Waals surface area contributed by atoms with Crippen LogP contribution in [0.5, 0.6) is 0 Å². The van der Waals surface area contributed by atoms with E-state index < -0.39 is 17.5 Å². The number of aromatic nitrogens is 2. The van der Waals surface area contributed by atoms with Crippen molar-refractivity contribution in [3.05, 3.63) is 47.4 Å². The van der Waals surface area contributed by atoms with Crippen LogP contribution < -0.4 is 10.6 Å². The van der Waals surface area contributed by atoms with Crippen LogP contribution in [-0.4, -0.2) is 16.5 Å². The largest absolute Gasteiger partial charge is 0.363 e. The van der Waals surface area contributed by atoms with E-state index in [0.29, 0.717) is 6.54 Å². The minimum atomic E-state index is -0.663. The van der Waals surface area contributed by atoms with Crippen molar-refractivity contribution >= 4 is 11.8 Å². The highest BCUT2D eigenvalue weighted by Crippen LogP contribution is 2.15. The lowest BCUT2D eigenvalue weighted by atomic mass is 10.2. The molecular formula is C13H13F3N4. The third kappa shape index (κ3) is 3.37. The molecule has 0 aliphatic rings. The molecule has 0 atom stereocenters. The highest BCUT2D eigenvalue weighted by molar-refractivity contribution is 5.41. The molecule has 2 N–H and O–H groups in total. The zero-order chi connectivity index (χ0) is 14.5. The van der Waals surface area contributed by atoms with Crippen LogP contribution in [0.3, 0.4) is 0 Å². The SMILES string of the molecule is CCNc1ncc(F)c(NCc2cc(F)ccc2F)n1. The Kier molecular flexibility index (Phi) is 4.39. The number of hydrogen-bond donors (Lipinski definition) is 2. The number of nitrogens with one attached hydrogen (secondary N) is 2. The van der Waals surface area contributed by atoms with Crippen molar-refractivity contribution in [2.75, 3.05) is 17.2 Å². The molecular weight excluding hydrogens is 269 g/mol. The molecule has 2 rings (SSSR count). The Bertz CT molecular complexity index is 604. The summed E-state index contributed by atoms with van der Waals surface area (Å²) in [6, 6.07) is 3.09. The first-order valence-electron chi connectivity index (χ1n) is 6.04. The Morgan fingerprint density at radius 3 is 2.65 bits per heavy atom. The van der Waals surface area contributed by atoms with Crippen LogP contribution in [0.15, 0.2) is 24.4 Å². The predicted octanol–water partition coefficient (Wildman–Crippen LogP) is 2.94. The van der Waals surface area contributed by atoms with Gasteiger partial charge in [-0.15, -0.1) is 0 Å². The molecule has 20 heavy (non-hydrogen) atoms. The van der Waals surface area contributed by atoms with Gasteiger partial charge in [-0.25, -0.2) is 18.2 Å². The first-order valence-corrected chi connectivity index (χ1v) is 6.04. The van der Waals surface area contributed by atoms with E-state index in [-0.39, 0.29) is 23.9 Å². The second-order valence-electron chi connectivity index (χ2n) is 4.01. The summed E-state index contributed by atoms with van der Waals surface area (Å²) in [4.78, 5) is 7.65. The second kappa shape index (κ2) is 6.23. The van der Waals surface area contributed by atoms with Crippen molar-refractivity contribution in [3.63, 3.8) is 0 Å². The van der Waals surface area contributed by atoms with Gasteiger partial charge in [0.25, 0.3) is 0 Å². The van der Waals surface area contributed by atoms with Crippen LogP contribution in [0, 0.1) is 17.5 Å². The van der Waals surface area contributed by atoms with E-state index in [1.165, 1.54) is 0 Å². The van der Waals surface area contributed by atoms with E-state index in [1.54, 1.807) is 0 Å². The summed E-state index contributed by atoms with van der Waals surface area (Å²) in [5, 5.41) is 5.45. The van der Waals surface area contributed by atoms with E-state index in [4.69, 9.17) is 0 Å². The minimum Gasteiger partial charge on any atom is -0.363 e. The smallest absolute Gasteiger partial charge is 0.224 e. The monoisotopic (exact) mass is 282 g/mol. The van der Waals surface area contributed by atoms with Gasteiger partial charge < -0.3 is 10.6 Å². The lowest BCUT2D eigenvalue weighted by Gasteiger charge is -2.09. The number of anilines is 2. The quantitative estimate of drug-likeness (QED) is 0.885. The fourth-order valence-electron chi connectivity index (χ4n) is 1.59. The zero-order valence-corrected chi connectivity index (χ0v) is 10.8. The highest BCUT2D eigenvalue weighted by atomic mass is 19.1. The fourth-order valence-corrected chi connectivity index (χ4v) is 1.59. The topological polar surface area (TPSA) is 49.8 Å². The van der Waals surface area contributed by atoms with Gasteiger partial charge in [0.05, 0.1) is 6.20 Å². The molecule has 0 radical (unpaired) electrons. The molecule has 0 aliphatic heterocycles. The van der Waals surface area contributed by atoms with Gasteiger partial charge in [0.2, 0.25) is 5.95 Å².